The van der Waals surface area contributed by atoms with E-state index in [0.29, 0.717) is 0 Å². The van der Waals surface area contributed by atoms with Crippen molar-refractivity contribution >= 4 is 23.4 Å². The van der Waals surface area contributed by atoms with E-state index in [9.17, 15) is 18.8 Å². The zero-order chi connectivity index (χ0) is 22.9. The summed E-state index contributed by atoms with van der Waals surface area (Å²) in [5.41, 5.74) is -0.793. The molecule has 5 rings (SSSR count). The monoisotopic (exact) mass is 461 g/mol. The Kier molecular flexibility index (Phi) is 5.99. The number of carbonyl (C=O) groups is 2. The van der Waals surface area contributed by atoms with Gasteiger partial charge in [0.15, 0.2) is 6.61 Å². The number of nitrogens with one attached hydrogen (secondary N) is 3. The molecular formula is C23H25ClFN3O4. The van der Waals surface area contributed by atoms with Crippen molar-refractivity contribution in [1.29, 1.82) is 0 Å². The lowest BCUT2D eigenvalue weighted by atomic mass is 9.56. The Bertz CT molecular complexity index is 1090. The molecule has 3 N–H and O–H groups in total. The van der Waals surface area contributed by atoms with Crippen molar-refractivity contribution in [3.05, 3.63) is 63.3 Å². The van der Waals surface area contributed by atoms with Gasteiger partial charge in [-0.2, -0.15) is 0 Å². The van der Waals surface area contributed by atoms with Gasteiger partial charge in [-0.3, -0.25) is 14.4 Å². The van der Waals surface area contributed by atoms with E-state index in [-0.39, 0.29) is 57.4 Å². The van der Waals surface area contributed by atoms with Crippen molar-refractivity contribution in [1.82, 2.24) is 15.6 Å². The summed E-state index contributed by atoms with van der Waals surface area (Å²) in [6.45, 7) is 1.85. The highest BCUT2D eigenvalue weighted by Crippen LogP contribution is 2.50. The summed E-state index contributed by atoms with van der Waals surface area (Å²) >= 11 is 5.66. The first-order valence-corrected chi connectivity index (χ1v) is 11.0. The van der Waals surface area contributed by atoms with E-state index in [1.54, 1.807) is 12.1 Å². The average Bonchev–Trinajstić information content (AvgIpc) is 2.76. The molecule has 1 aromatic heterocycles. The topological polar surface area (TPSA) is 100 Å². The van der Waals surface area contributed by atoms with Gasteiger partial charge in [-0.15, -0.1) is 0 Å². The van der Waals surface area contributed by atoms with Crippen LogP contribution in [0.3, 0.4) is 0 Å². The number of fused-ring (bicyclic) bond motifs is 3. The summed E-state index contributed by atoms with van der Waals surface area (Å²) < 4.78 is 19.0. The number of benzene rings is 1. The number of aromatic amines is 1. The van der Waals surface area contributed by atoms with Gasteiger partial charge >= 0.3 is 0 Å². The molecule has 1 atom stereocenters. The van der Waals surface area contributed by atoms with Gasteiger partial charge in [0.2, 0.25) is 5.56 Å². The van der Waals surface area contributed by atoms with Gasteiger partial charge < -0.3 is 20.4 Å². The van der Waals surface area contributed by atoms with Gasteiger partial charge in [-0.05, 0) is 56.2 Å². The average molecular weight is 462 g/mol. The molecule has 2 aromatic rings. The van der Waals surface area contributed by atoms with Gasteiger partial charge in [-0.1, -0.05) is 24.6 Å². The third kappa shape index (κ3) is 4.50. The van der Waals surface area contributed by atoms with Gasteiger partial charge in [0.1, 0.15) is 17.3 Å². The van der Waals surface area contributed by atoms with Crippen molar-refractivity contribution in [3.8, 4) is 5.75 Å². The predicted octanol–water partition coefficient (Wildman–Crippen LogP) is 3.18. The maximum absolute atomic E-state index is 13.5. The number of hydrogen-bond donors (Lipinski definition) is 3. The summed E-state index contributed by atoms with van der Waals surface area (Å²) in [6, 6.07) is 8.54. The van der Waals surface area contributed by atoms with Crippen molar-refractivity contribution < 1.29 is 18.7 Å². The molecule has 9 heteroatoms. The molecular weight excluding hydrogens is 437 g/mol. The van der Waals surface area contributed by atoms with Crippen LogP contribution in [0.25, 0.3) is 0 Å². The molecule has 3 aliphatic rings. The Labute approximate surface area is 189 Å². The highest BCUT2D eigenvalue weighted by molar-refractivity contribution is 6.30. The summed E-state index contributed by atoms with van der Waals surface area (Å²) in [5, 5.41) is 6.25. The van der Waals surface area contributed by atoms with Crippen molar-refractivity contribution in [3.63, 3.8) is 0 Å². The lowest BCUT2D eigenvalue weighted by molar-refractivity contribution is -0.128. The molecule has 2 bridgehead atoms. The maximum atomic E-state index is 13.5. The van der Waals surface area contributed by atoms with Crippen LogP contribution in [0.4, 0.5) is 4.39 Å². The Morgan fingerprint density at radius 2 is 1.94 bits per heavy atom. The van der Waals surface area contributed by atoms with Crippen LogP contribution < -0.4 is 20.9 Å². The number of carbonyl (C=O) groups excluding carboxylic acids is 2. The Balaban J connectivity index is 1.35. The smallest absolute Gasteiger partial charge is 0.268 e. The molecule has 1 aromatic carbocycles. The summed E-state index contributed by atoms with van der Waals surface area (Å²) in [4.78, 5) is 39.3. The largest absolute Gasteiger partial charge is 0.484 e. The molecule has 0 spiro atoms. The Morgan fingerprint density at radius 1 is 1.19 bits per heavy atom. The van der Waals surface area contributed by atoms with E-state index in [2.05, 4.69) is 22.5 Å². The highest BCUT2D eigenvalue weighted by Gasteiger charge is 2.54. The van der Waals surface area contributed by atoms with Crippen molar-refractivity contribution in [2.45, 2.75) is 50.1 Å². The quantitative estimate of drug-likeness (QED) is 0.615. The molecule has 3 aliphatic carbocycles. The number of aromatic nitrogens is 1. The molecule has 1 unspecified atom stereocenters. The molecule has 32 heavy (non-hydrogen) atoms. The number of H-pyrrole nitrogens is 1. The number of amides is 2. The first-order chi connectivity index (χ1) is 15.2. The summed E-state index contributed by atoms with van der Waals surface area (Å²) in [5.74, 6) is -0.795. The predicted molar refractivity (Wildman–Crippen MR) is 117 cm³/mol. The number of pyridine rings is 1. The molecule has 0 saturated heterocycles. The van der Waals surface area contributed by atoms with E-state index in [4.69, 9.17) is 16.3 Å². The molecule has 0 aliphatic heterocycles. The number of rotatable bonds is 6. The van der Waals surface area contributed by atoms with E-state index in [1.807, 2.05) is 0 Å². The standard InChI is InChI=1S/C23H25ClFN3O4/c1-14-12-22(28-21(31)18-3-2-4-19(29)26-18)7-9-23(14,10-8-22)27-20(30)13-32-15-5-6-16(24)17(25)11-15/h2-6,11,14H,7-10,12-13H2,1H3,(H,26,29)(H,27,30)(H,28,31). The number of ether oxygens (including phenoxy) is 1. The third-order valence-electron chi connectivity index (χ3n) is 6.78. The van der Waals surface area contributed by atoms with Crippen LogP contribution >= 0.6 is 11.6 Å². The second-order valence-corrected chi connectivity index (χ2v) is 9.24. The van der Waals surface area contributed by atoms with E-state index < -0.39 is 5.82 Å². The second kappa shape index (κ2) is 8.58. The number of hydrogen-bond acceptors (Lipinski definition) is 4. The minimum absolute atomic E-state index is 0.00637. The Hall–Kier alpha value is -2.87. The molecule has 7 nitrogen and oxygen atoms in total. The molecule has 170 valence electrons. The zero-order valence-electron chi connectivity index (χ0n) is 17.7. The van der Waals surface area contributed by atoms with Gasteiger partial charge in [-0.25, -0.2) is 4.39 Å². The van der Waals surface area contributed by atoms with Crippen LogP contribution in [0, 0.1) is 11.7 Å². The fourth-order valence-electron chi connectivity index (χ4n) is 4.99. The van der Waals surface area contributed by atoms with E-state index >= 15 is 0 Å². The maximum Gasteiger partial charge on any atom is 0.268 e. The zero-order valence-corrected chi connectivity index (χ0v) is 18.4. The lowest BCUT2D eigenvalue weighted by Crippen LogP contribution is -2.67. The SMILES string of the molecule is CC1CC2(NC(=O)c3cccc(=O)[nH]3)CCC1(NC(=O)COc1ccc(Cl)c(F)c1)CC2. The first kappa shape index (κ1) is 22.3. The lowest BCUT2D eigenvalue weighted by Gasteiger charge is -2.57. The first-order valence-electron chi connectivity index (χ1n) is 10.6. The van der Waals surface area contributed by atoms with Crippen LogP contribution in [0.1, 0.15) is 49.5 Å². The van der Waals surface area contributed by atoms with Crippen molar-refractivity contribution in [2.24, 2.45) is 5.92 Å². The highest BCUT2D eigenvalue weighted by atomic mass is 35.5. The molecule has 3 saturated carbocycles. The minimum atomic E-state index is -0.602. The van der Waals surface area contributed by atoms with Crippen LogP contribution in [0.15, 0.2) is 41.2 Å². The van der Waals surface area contributed by atoms with Crippen LogP contribution in [-0.4, -0.2) is 34.5 Å². The summed E-state index contributed by atoms with van der Waals surface area (Å²) in [7, 11) is 0. The van der Waals surface area contributed by atoms with Crippen LogP contribution in [-0.2, 0) is 4.79 Å². The fourth-order valence-corrected chi connectivity index (χ4v) is 5.11. The molecule has 3 fully saturated rings. The van der Waals surface area contributed by atoms with Gasteiger partial charge in [0, 0.05) is 23.2 Å². The van der Waals surface area contributed by atoms with Gasteiger partial charge in [0.05, 0.1) is 5.02 Å². The third-order valence-corrected chi connectivity index (χ3v) is 7.09. The molecule has 1 heterocycles. The number of halogens is 2. The van der Waals surface area contributed by atoms with Gasteiger partial charge in [0.25, 0.3) is 11.8 Å². The molecule has 0 radical (unpaired) electrons. The van der Waals surface area contributed by atoms with Crippen LogP contribution in [0.5, 0.6) is 5.75 Å². The van der Waals surface area contributed by atoms with E-state index in [1.165, 1.54) is 18.2 Å². The second-order valence-electron chi connectivity index (χ2n) is 8.84. The van der Waals surface area contributed by atoms with E-state index in [0.717, 1.165) is 38.2 Å². The van der Waals surface area contributed by atoms with Crippen LogP contribution in [0.2, 0.25) is 5.02 Å². The fraction of sp³-hybridized carbons (Fsp3) is 0.435. The molecule has 2 amide bonds. The minimum Gasteiger partial charge on any atom is -0.484 e. The van der Waals surface area contributed by atoms with Crippen molar-refractivity contribution in [2.75, 3.05) is 6.61 Å². The normalized spacial score (nSPS) is 26.4. The Morgan fingerprint density at radius 3 is 2.59 bits per heavy atom. The summed E-state index contributed by atoms with van der Waals surface area (Å²) in [6.07, 6.45) is 3.62.